The van der Waals surface area contributed by atoms with Crippen molar-refractivity contribution in [1.29, 1.82) is 0 Å². The fourth-order valence-electron chi connectivity index (χ4n) is 5.49. The first-order valence-corrected chi connectivity index (χ1v) is 19.2. The molecule has 0 N–H and O–H groups in total. The van der Waals surface area contributed by atoms with Gasteiger partial charge in [0.15, 0.2) is 14.6 Å². The lowest BCUT2D eigenvalue weighted by molar-refractivity contribution is -0.254. The third kappa shape index (κ3) is 9.02. The van der Waals surface area contributed by atoms with Gasteiger partial charge in [0.05, 0.1) is 39.6 Å². The molecule has 2 heterocycles. The molecule has 0 unspecified atom stereocenters. The fraction of sp³-hybridized carbons (Fsp3) is 0.474. The highest BCUT2D eigenvalue weighted by Gasteiger charge is 2.53. The van der Waals surface area contributed by atoms with Crippen LogP contribution in [0.3, 0.4) is 0 Å². The average molecular weight is 647 g/mol. The molecule has 46 heavy (non-hydrogen) atoms. The highest BCUT2D eigenvalue weighted by molar-refractivity contribution is 6.74. The van der Waals surface area contributed by atoms with Crippen LogP contribution in [-0.2, 0) is 52.7 Å². The quantitative estimate of drug-likeness (QED) is 0.133. The number of benzene rings is 3. The number of hydrogen-bond donors (Lipinski definition) is 0. The molecule has 7 nitrogen and oxygen atoms in total. The summed E-state index contributed by atoms with van der Waals surface area (Å²) in [6, 6.07) is 30.5. The lowest BCUT2D eigenvalue weighted by atomic mass is 9.90. The lowest BCUT2D eigenvalue weighted by Crippen LogP contribution is -2.64. The fourth-order valence-corrected chi connectivity index (χ4v) is 6.78. The molecular weight excluding hydrogens is 596 g/mol. The van der Waals surface area contributed by atoms with Crippen LogP contribution in [0.4, 0.5) is 0 Å². The van der Waals surface area contributed by atoms with E-state index in [1.165, 1.54) is 0 Å². The van der Waals surface area contributed by atoms with Gasteiger partial charge < -0.3 is 32.8 Å². The molecule has 2 aliphatic rings. The Morgan fingerprint density at radius 1 is 0.717 bits per heavy atom. The Morgan fingerprint density at radius 3 is 1.70 bits per heavy atom. The van der Waals surface area contributed by atoms with Gasteiger partial charge in [-0.25, -0.2) is 0 Å². The van der Waals surface area contributed by atoms with Crippen LogP contribution >= 0.6 is 0 Å². The molecule has 3 aromatic carbocycles. The summed E-state index contributed by atoms with van der Waals surface area (Å²) in [5, 5.41) is -0.0563. The molecule has 0 bridgehead atoms. The lowest BCUT2D eigenvalue weighted by Gasteiger charge is -2.50. The minimum atomic E-state index is -2.35. The second-order valence-corrected chi connectivity index (χ2v) is 18.4. The Bertz CT molecular complexity index is 1340. The number of rotatable bonds is 14. The molecule has 0 saturated carbocycles. The van der Waals surface area contributed by atoms with Crippen molar-refractivity contribution in [2.75, 3.05) is 19.8 Å². The second kappa shape index (κ2) is 16.0. The summed E-state index contributed by atoms with van der Waals surface area (Å²) in [4.78, 5) is 0. The third-order valence-corrected chi connectivity index (χ3v) is 13.6. The van der Waals surface area contributed by atoms with Gasteiger partial charge in [0, 0.05) is 5.57 Å². The Kier molecular flexibility index (Phi) is 12.0. The highest BCUT2D eigenvalue weighted by Crippen LogP contribution is 2.42. The maximum Gasteiger partial charge on any atom is 0.192 e. The van der Waals surface area contributed by atoms with Crippen molar-refractivity contribution in [3.63, 3.8) is 0 Å². The van der Waals surface area contributed by atoms with Crippen LogP contribution < -0.4 is 0 Å². The zero-order chi connectivity index (χ0) is 32.6. The molecule has 8 heteroatoms. The Balaban J connectivity index is 1.50. The monoisotopic (exact) mass is 646 g/mol. The van der Waals surface area contributed by atoms with Crippen molar-refractivity contribution < 1.29 is 32.8 Å². The molecule has 0 spiro atoms. The van der Waals surface area contributed by atoms with Crippen molar-refractivity contribution in [3.8, 4) is 0 Å². The Morgan fingerprint density at radius 2 is 1.20 bits per heavy atom. The van der Waals surface area contributed by atoms with E-state index < -0.39 is 45.1 Å². The van der Waals surface area contributed by atoms with Gasteiger partial charge in [-0.2, -0.15) is 0 Å². The Labute approximate surface area is 275 Å². The van der Waals surface area contributed by atoms with Crippen molar-refractivity contribution in [3.05, 3.63) is 120 Å². The minimum Gasteiger partial charge on any atom is -0.408 e. The summed E-state index contributed by atoms with van der Waals surface area (Å²) >= 11 is 0. The molecule has 0 amide bonds. The zero-order valence-electron chi connectivity index (χ0n) is 27.9. The van der Waals surface area contributed by atoms with Gasteiger partial charge in [0.2, 0.25) is 0 Å². The molecule has 5 rings (SSSR count). The average Bonchev–Trinajstić information content (AvgIpc) is 3.60. The molecule has 2 saturated heterocycles. The van der Waals surface area contributed by atoms with Crippen LogP contribution in [0, 0.1) is 0 Å². The van der Waals surface area contributed by atoms with Crippen molar-refractivity contribution in [2.24, 2.45) is 0 Å². The molecule has 248 valence electrons. The topological polar surface area (TPSA) is 64.6 Å². The number of hydrogen-bond acceptors (Lipinski definition) is 7. The van der Waals surface area contributed by atoms with E-state index in [0.29, 0.717) is 45.2 Å². The van der Waals surface area contributed by atoms with Crippen LogP contribution in [0.15, 0.2) is 103 Å². The van der Waals surface area contributed by atoms with Crippen molar-refractivity contribution in [2.45, 2.75) is 95.5 Å². The van der Waals surface area contributed by atoms with E-state index in [-0.39, 0.29) is 5.04 Å². The summed E-state index contributed by atoms with van der Waals surface area (Å²) in [7, 11) is -2.35. The van der Waals surface area contributed by atoms with E-state index in [1.54, 1.807) is 0 Å². The van der Waals surface area contributed by atoms with Gasteiger partial charge in [-0.05, 0) is 34.8 Å². The molecule has 2 aliphatic heterocycles. The molecule has 5 atom stereocenters. The maximum atomic E-state index is 7.24. The van der Waals surface area contributed by atoms with E-state index in [9.17, 15) is 0 Å². The molecule has 0 radical (unpaired) electrons. The normalized spacial score (nSPS) is 24.2. The smallest absolute Gasteiger partial charge is 0.192 e. The molecule has 0 aromatic heterocycles. The van der Waals surface area contributed by atoms with Gasteiger partial charge in [0.1, 0.15) is 30.5 Å². The number of ether oxygens (including phenoxy) is 6. The van der Waals surface area contributed by atoms with Crippen LogP contribution in [0.5, 0.6) is 0 Å². The van der Waals surface area contributed by atoms with Crippen molar-refractivity contribution >= 4 is 8.32 Å². The van der Waals surface area contributed by atoms with Gasteiger partial charge >= 0.3 is 0 Å². The van der Waals surface area contributed by atoms with E-state index in [0.717, 1.165) is 16.7 Å². The van der Waals surface area contributed by atoms with E-state index in [1.807, 2.05) is 54.6 Å². The SMILES string of the molecule is C=C(C1OCCO1)[C@@H]1O[C@H](COCc2ccccc2)[C@@H](OCc2ccccc2)[C@H](OCc2ccccc2)[C@H]1O[Si](C)(C)C(C)(C)C. The predicted molar refractivity (Wildman–Crippen MR) is 182 cm³/mol. The summed E-state index contributed by atoms with van der Waals surface area (Å²) in [6.45, 7) is 18.2. The van der Waals surface area contributed by atoms with E-state index in [2.05, 4.69) is 76.8 Å². The summed E-state index contributed by atoms with van der Waals surface area (Å²) < 4.78 is 46.1. The van der Waals surface area contributed by atoms with E-state index in [4.69, 9.17) is 32.8 Å². The van der Waals surface area contributed by atoms with Gasteiger partial charge in [-0.15, -0.1) is 0 Å². The highest BCUT2D eigenvalue weighted by atomic mass is 28.4. The third-order valence-electron chi connectivity index (χ3n) is 9.12. The standard InChI is InChI=1S/C38H50O7Si/c1-28(37-40-22-23-41-37)33-36(45-46(5,6)38(2,3)4)35(43-26-31-20-14-9-15-21-31)34(42-25-30-18-12-8-13-19-30)32(44-33)27-39-24-29-16-10-7-11-17-29/h7-21,32-37H,1,22-27H2,2-6H3/t32-,33+,34-,35+,36+/m1/s1. The molecule has 0 aliphatic carbocycles. The summed E-state index contributed by atoms with van der Waals surface area (Å²) in [5.74, 6) is 0. The Hall–Kier alpha value is -2.66. The van der Waals surface area contributed by atoms with Crippen molar-refractivity contribution in [1.82, 2.24) is 0 Å². The first kappa shape index (κ1) is 34.7. The second-order valence-electron chi connectivity index (χ2n) is 13.6. The molecule has 2 fully saturated rings. The van der Waals surface area contributed by atoms with Crippen LogP contribution in [0.25, 0.3) is 0 Å². The first-order valence-electron chi connectivity index (χ1n) is 16.3. The van der Waals surface area contributed by atoms with Gasteiger partial charge in [0.25, 0.3) is 0 Å². The minimum absolute atomic E-state index is 0.0563. The van der Waals surface area contributed by atoms with Gasteiger partial charge in [-0.3, -0.25) is 0 Å². The molecular formula is C38H50O7Si. The summed E-state index contributed by atoms with van der Waals surface area (Å²) in [5.41, 5.74) is 3.90. The first-order chi connectivity index (χ1) is 22.1. The molecule has 3 aromatic rings. The summed E-state index contributed by atoms with van der Waals surface area (Å²) in [6.07, 6.45) is -3.14. The van der Waals surface area contributed by atoms with E-state index >= 15 is 0 Å². The van der Waals surface area contributed by atoms with Gasteiger partial charge in [-0.1, -0.05) is 118 Å². The van der Waals surface area contributed by atoms with Crippen LogP contribution in [0.2, 0.25) is 18.1 Å². The largest absolute Gasteiger partial charge is 0.408 e. The maximum absolute atomic E-state index is 7.24. The van der Waals surface area contributed by atoms with Crippen LogP contribution in [-0.4, -0.2) is 64.9 Å². The van der Waals surface area contributed by atoms with Crippen LogP contribution in [0.1, 0.15) is 37.5 Å². The zero-order valence-corrected chi connectivity index (χ0v) is 28.9. The predicted octanol–water partition coefficient (Wildman–Crippen LogP) is 7.46.